The molecule has 3 rings (SSSR count). The molecule has 0 aliphatic heterocycles. The van der Waals surface area contributed by atoms with Gasteiger partial charge in [-0.2, -0.15) is 0 Å². The van der Waals surface area contributed by atoms with E-state index in [1.807, 2.05) is 0 Å². The van der Waals surface area contributed by atoms with Crippen LogP contribution in [0.2, 0.25) is 5.02 Å². The molecule has 3 aromatic rings. The topological polar surface area (TPSA) is 76.6 Å². The number of aromatic nitrogens is 1. The minimum atomic E-state index is -4.11. The summed E-state index contributed by atoms with van der Waals surface area (Å²) in [5.74, 6) is -0.652. The van der Waals surface area contributed by atoms with E-state index in [1.165, 1.54) is 12.1 Å². The van der Waals surface area contributed by atoms with Crippen molar-refractivity contribution in [3.63, 3.8) is 0 Å². The first-order valence-corrected chi connectivity index (χ1v) is 10.7. The SMILES string of the molecule is CC(C)(C)OC(=O)CN(c1ccccc1)S(=O)(=O)c1ccc(Cl)c2ncccc12. The van der Waals surface area contributed by atoms with Gasteiger partial charge in [0.1, 0.15) is 12.1 Å². The highest BCUT2D eigenvalue weighted by atomic mass is 35.5. The second kappa shape index (κ2) is 8.00. The molecule has 0 bridgehead atoms. The van der Waals surface area contributed by atoms with Gasteiger partial charge in [0.2, 0.25) is 0 Å². The van der Waals surface area contributed by atoms with Crippen molar-refractivity contribution in [2.75, 3.05) is 10.8 Å². The van der Waals surface area contributed by atoms with Crippen molar-refractivity contribution in [1.29, 1.82) is 0 Å². The predicted molar refractivity (Wildman–Crippen MR) is 114 cm³/mol. The van der Waals surface area contributed by atoms with E-state index in [1.54, 1.807) is 69.4 Å². The Bertz CT molecular complexity index is 1140. The molecule has 0 N–H and O–H groups in total. The number of benzene rings is 2. The summed E-state index contributed by atoms with van der Waals surface area (Å²) < 4.78 is 33.6. The number of halogens is 1. The lowest BCUT2D eigenvalue weighted by molar-refractivity contribution is -0.152. The van der Waals surface area contributed by atoms with E-state index < -0.39 is 28.1 Å². The molecular formula is C21H21ClN2O4S. The van der Waals surface area contributed by atoms with Gasteiger partial charge >= 0.3 is 5.97 Å². The Labute approximate surface area is 175 Å². The van der Waals surface area contributed by atoms with Gasteiger partial charge in [0.05, 0.1) is 21.1 Å². The third kappa shape index (κ3) is 4.68. The largest absolute Gasteiger partial charge is 0.459 e. The fraction of sp³-hybridized carbons (Fsp3) is 0.238. The Balaban J connectivity index is 2.13. The molecule has 6 nitrogen and oxygen atoms in total. The van der Waals surface area contributed by atoms with Crippen molar-refractivity contribution in [1.82, 2.24) is 4.98 Å². The Morgan fingerprint density at radius 1 is 1.07 bits per heavy atom. The Morgan fingerprint density at radius 2 is 1.76 bits per heavy atom. The summed E-state index contributed by atoms with van der Waals surface area (Å²) in [4.78, 5) is 16.7. The molecule has 0 spiro atoms. The molecule has 0 atom stereocenters. The molecule has 152 valence electrons. The number of nitrogens with zero attached hydrogens (tertiary/aromatic N) is 2. The second-order valence-electron chi connectivity index (χ2n) is 7.38. The summed E-state index contributed by atoms with van der Waals surface area (Å²) in [5.41, 5.74) is -0.00836. The number of para-hydroxylation sites is 1. The molecule has 8 heteroatoms. The number of carbonyl (C=O) groups is 1. The molecule has 0 saturated carbocycles. The summed E-state index contributed by atoms with van der Waals surface area (Å²) in [6.45, 7) is 4.72. The van der Waals surface area contributed by atoms with Gasteiger partial charge in [-0.1, -0.05) is 29.8 Å². The van der Waals surface area contributed by atoms with Crippen molar-refractivity contribution < 1.29 is 17.9 Å². The number of fused-ring (bicyclic) bond motifs is 1. The minimum absolute atomic E-state index is 0.0115. The highest BCUT2D eigenvalue weighted by molar-refractivity contribution is 7.93. The monoisotopic (exact) mass is 432 g/mol. The first-order valence-electron chi connectivity index (χ1n) is 8.92. The summed E-state index contributed by atoms with van der Waals surface area (Å²) in [6, 6.07) is 14.6. The smallest absolute Gasteiger partial charge is 0.327 e. The van der Waals surface area contributed by atoms with E-state index in [-0.39, 0.29) is 4.90 Å². The van der Waals surface area contributed by atoms with Gasteiger partial charge in [-0.15, -0.1) is 0 Å². The van der Waals surface area contributed by atoms with E-state index in [4.69, 9.17) is 16.3 Å². The predicted octanol–water partition coefficient (Wildman–Crippen LogP) is 4.43. The third-order valence-corrected chi connectivity index (χ3v) is 6.12. The highest BCUT2D eigenvalue weighted by Crippen LogP contribution is 2.31. The minimum Gasteiger partial charge on any atom is -0.459 e. The van der Waals surface area contributed by atoms with Crippen molar-refractivity contribution in [2.24, 2.45) is 0 Å². The number of hydrogen-bond acceptors (Lipinski definition) is 5. The Morgan fingerprint density at radius 3 is 2.41 bits per heavy atom. The molecule has 0 fully saturated rings. The highest BCUT2D eigenvalue weighted by Gasteiger charge is 2.31. The van der Waals surface area contributed by atoms with Gasteiger partial charge in [-0.05, 0) is 57.2 Å². The zero-order valence-electron chi connectivity index (χ0n) is 16.3. The zero-order valence-corrected chi connectivity index (χ0v) is 17.9. The van der Waals surface area contributed by atoms with Crippen molar-refractivity contribution in [2.45, 2.75) is 31.3 Å². The number of rotatable bonds is 5. The van der Waals surface area contributed by atoms with Gasteiger partial charge in [0, 0.05) is 11.6 Å². The molecule has 29 heavy (non-hydrogen) atoms. The summed E-state index contributed by atoms with van der Waals surface area (Å²) in [6.07, 6.45) is 1.54. The fourth-order valence-corrected chi connectivity index (χ4v) is 4.66. The van der Waals surface area contributed by atoms with Gasteiger partial charge in [-0.3, -0.25) is 14.1 Å². The lowest BCUT2D eigenvalue weighted by Gasteiger charge is -2.26. The van der Waals surface area contributed by atoms with Crippen LogP contribution in [0.3, 0.4) is 0 Å². The lowest BCUT2D eigenvalue weighted by atomic mass is 10.2. The standard InChI is InChI=1S/C21H21ClN2O4S/c1-21(2,3)28-19(25)14-24(15-8-5-4-6-9-15)29(26,27)18-12-11-17(22)20-16(18)10-7-13-23-20/h4-13H,14H2,1-3H3. The fourth-order valence-electron chi connectivity index (χ4n) is 2.86. The maximum absolute atomic E-state index is 13.6. The van der Waals surface area contributed by atoms with Crippen LogP contribution in [0, 0.1) is 0 Å². The maximum Gasteiger partial charge on any atom is 0.327 e. The van der Waals surface area contributed by atoms with E-state index in [2.05, 4.69) is 4.98 Å². The first-order chi connectivity index (χ1) is 13.6. The van der Waals surface area contributed by atoms with Crippen LogP contribution in [-0.2, 0) is 19.6 Å². The lowest BCUT2D eigenvalue weighted by Crippen LogP contribution is -2.39. The van der Waals surface area contributed by atoms with Crippen LogP contribution in [0.1, 0.15) is 20.8 Å². The molecule has 0 unspecified atom stereocenters. The average molecular weight is 433 g/mol. The normalized spacial score (nSPS) is 12.0. The molecule has 2 aromatic carbocycles. The van der Waals surface area contributed by atoms with Crippen LogP contribution < -0.4 is 4.31 Å². The van der Waals surface area contributed by atoms with Crippen molar-refractivity contribution in [3.05, 3.63) is 65.8 Å². The van der Waals surface area contributed by atoms with E-state index in [0.29, 0.717) is 21.6 Å². The van der Waals surface area contributed by atoms with Crippen LogP contribution in [0.4, 0.5) is 5.69 Å². The molecule has 0 saturated heterocycles. The Hall–Kier alpha value is -2.64. The molecule has 0 aliphatic rings. The molecule has 1 heterocycles. The number of hydrogen-bond donors (Lipinski definition) is 0. The molecule has 0 amide bonds. The third-order valence-electron chi connectivity index (χ3n) is 3.99. The van der Waals surface area contributed by atoms with Crippen LogP contribution in [-0.4, -0.2) is 31.5 Å². The number of ether oxygens (including phenoxy) is 1. The van der Waals surface area contributed by atoms with Gasteiger partial charge in [0.15, 0.2) is 0 Å². The van der Waals surface area contributed by atoms with Crippen molar-refractivity contribution >= 4 is 44.2 Å². The number of pyridine rings is 1. The molecular weight excluding hydrogens is 412 g/mol. The van der Waals surface area contributed by atoms with Crippen molar-refractivity contribution in [3.8, 4) is 0 Å². The molecule has 1 aromatic heterocycles. The number of sulfonamides is 1. The van der Waals surface area contributed by atoms with Crippen LogP contribution in [0.5, 0.6) is 0 Å². The van der Waals surface area contributed by atoms with Gasteiger partial charge in [0.25, 0.3) is 10.0 Å². The van der Waals surface area contributed by atoms with Crippen LogP contribution in [0.25, 0.3) is 10.9 Å². The summed E-state index contributed by atoms with van der Waals surface area (Å²) in [7, 11) is -4.11. The van der Waals surface area contributed by atoms with E-state index >= 15 is 0 Å². The summed E-state index contributed by atoms with van der Waals surface area (Å²) >= 11 is 6.19. The molecule has 0 aliphatic carbocycles. The quantitative estimate of drug-likeness (QED) is 0.557. The molecule has 0 radical (unpaired) electrons. The van der Waals surface area contributed by atoms with Crippen LogP contribution in [0.15, 0.2) is 65.7 Å². The van der Waals surface area contributed by atoms with Crippen LogP contribution >= 0.6 is 11.6 Å². The number of esters is 1. The van der Waals surface area contributed by atoms with E-state index in [9.17, 15) is 13.2 Å². The summed E-state index contributed by atoms with van der Waals surface area (Å²) in [5, 5.41) is 0.725. The zero-order chi connectivity index (χ0) is 21.2. The average Bonchev–Trinajstić information content (AvgIpc) is 2.65. The Kier molecular flexibility index (Phi) is 5.82. The number of carbonyl (C=O) groups excluding carboxylic acids is 1. The van der Waals surface area contributed by atoms with E-state index in [0.717, 1.165) is 4.31 Å². The maximum atomic E-state index is 13.6. The second-order valence-corrected chi connectivity index (χ2v) is 9.62. The number of anilines is 1. The van der Waals surface area contributed by atoms with Gasteiger partial charge < -0.3 is 4.74 Å². The first kappa shape index (κ1) is 21.1. The van der Waals surface area contributed by atoms with Gasteiger partial charge in [-0.25, -0.2) is 8.42 Å².